The smallest absolute Gasteiger partial charge is 0.258 e. The van der Waals surface area contributed by atoms with E-state index in [0.717, 1.165) is 6.42 Å². The van der Waals surface area contributed by atoms with Crippen LogP contribution < -0.4 is 5.32 Å². The van der Waals surface area contributed by atoms with Gasteiger partial charge in [-0.05, 0) is 32.4 Å². The van der Waals surface area contributed by atoms with Crippen LogP contribution in [-0.4, -0.2) is 18.1 Å². The van der Waals surface area contributed by atoms with Crippen LogP contribution in [0.5, 0.6) is 0 Å². The maximum absolute atomic E-state index is 11.7. The van der Waals surface area contributed by atoms with Gasteiger partial charge < -0.3 is 10.1 Å². The number of nitrogens with one attached hydrogen (secondary N) is 1. The first-order chi connectivity index (χ1) is 8.45. The van der Waals surface area contributed by atoms with Crippen molar-refractivity contribution in [2.75, 3.05) is 6.61 Å². The Bertz CT molecular complexity index is 352. The Morgan fingerprint density at radius 3 is 2.50 bits per heavy atom. The number of carbonyl (C=O) groups excluding carboxylic acids is 1. The van der Waals surface area contributed by atoms with Crippen molar-refractivity contribution in [3.8, 4) is 0 Å². The number of carbonyl (C=O) groups is 1. The van der Waals surface area contributed by atoms with Crippen LogP contribution in [0.15, 0.2) is 49.3 Å². The summed E-state index contributed by atoms with van der Waals surface area (Å²) in [6, 6.07) is 0. The Kier molecular flexibility index (Phi) is 7.52. The summed E-state index contributed by atoms with van der Waals surface area (Å²) >= 11 is 0. The predicted octanol–water partition coefficient (Wildman–Crippen LogP) is 3.12. The molecular formula is C15H23NO2. The van der Waals surface area contributed by atoms with Crippen molar-refractivity contribution < 1.29 is 9.53 Å². The predicted molar refractivity (Wildman–Crippen MR) is 76.1 cm³/mol. The van der Waals surface area contributed by atoms with Crippen molar-refractivity contribution in [2.24, 2.45) is 0 Å². The van der Waals surface area contributed by atoms with Gasteiger partial charge in [0.05, 0.1) is 0 Å². The molecule has 0 aromatic rings. The summed E-state index contributed by atoms with van der Waals surface area (Å²) in [5, 5.41) is 2.90. The molecule has 0 saturated heterocycles. The van der Waals surface area contributed by atoms with Crippen molar-refractivity contribution >= 4 is 5.91 Å². The minimum absolute atomic E-state index is 0.00934. The van der Waals surface area contributed by atoms with Crippen molar-refractivity contribution in [3.05, 3.63) is 49.3 Å². The molecule has 3 heteroatoms. The van der Waals surface area contributed by atoms with Crippen LogP contribution in [0.4, 0.5) is 0 Å². The Morgan fingerprint density at radius 2 is 2.00 bits per heavy atom. The maximum atomic E-state index is 11.7. The van der Waals surface area contributed by atoms with Gasteiger partial charge in [-0.25, -0.2) is 0 Å². The number of allylic oxidation sites excluding steroid dienone is 5. The van der Waals surface area contributed by atoms with E-state index in [1.165, 1.54) is 0 Å². The molecule has 1 N–H and O–H groups in total. The van der Waals surface area contributed by atoms with Crippen LogP contribution in [0.1, 0.15) is 27.2 Å². The third-order valence-corrected chi connectivity index (χ3v) is 2.41. The Labute approximate surface area is 110 Å². The van der Waals surface area contributed by atoms with Crippen LogP contribution >= 0.6 is 0 Å². The van der Waals surface area contributed by atoms with E-state index in [-0.39, 0.29) is 18.1 Å². The van der Waals surface area contributed by atoms with Gasteiger partial charge in [0.1, 0.15) is 5.76 Å². The first-order valence-corrected chi connectivity index (χ1v) is 6.00. The molecule has 0 aromatic heterocycles. The van der Waals surface area contributed by atoms with Gasteiger partial charge in [0.25, 0.3) is 5.91 Å². The van der Waals surface area contributed by atoms with Crippen LogP contribution in [0, 0.1) is 0 Å². The van der Waals surface area contributed by atoms with Gasteiger partial charge in [-0.2, -0.15) is 0 Å². The zero-order valence-corrected chi connectivity index (χ0v) is 11.5. The summed E-state index contributed by atoms with van der Waals surface area (Å²) in [6.07, 6.45) is 9.27. The lowest BCUT2D eigenvalue weighted by Gasteiger charge is -2.24. The van der Waals surface area contributed by atoms with E-state index in [9.17, 15) is 4.79 Å². The zero-order chi connectivity index (χ0) is 14.0. The molecule has 0 rings (SSSR count). The zero-order valence-electron chi connectivity index (χ0n) is 11.5. The molecule has 0 aromatic carbocycles. The molecule has 0 spiro atoms. The lowest BCUT2D eigenvalue weighted by molar-refractivity contribution is -0.125. The first-order valence-electron chi connectivity index (χ1n) is 6.00. The fourth-order valence-electron chi connectivity index (χ4n) is 1.08. The van der Waals surface area contributed by atoms with E-state index in [0.29, 0.717) is 5.76 Å². The maximum Gasteiger partial charge on any atom is 0.258 e. The minimum atomic E-state index is -0.209. The normalized spacial score (nSPS) is 12.3. The topological polar surface area (TPSA) is 38.3 Å². The largest absolute Gasteiger partial charge is 0.484 e. The molecule has 0 unspecified atom stereocenters. The highest BCUT2D eigenvalue weighted by Crippen LogP contribution is 2.07. The van der Waals surface area contributed by atoms with Crippen LogP contribution in [0.3, 0.4) is 0 Å². The molecule has 0 bridgehead atoms. The van der Waals surface area contributed by atoms with Crippen molar-refractivity contribution in [1.82, 2.24) is 5.32 Å². The molecule has 0 radical (unpaired) electrons. The molecule has 3 nitrogen and oxygen atoms in total. The molecule has 1 amide bonds. The molecular weight excluding hydrogens is 226 g/mol. The number of amides is 1. The number of rotatable bonds is 8. The number of hydrogen-bond acceptors (Lipinski definition) is 2. The van der Waals surface area contributed by atoms with E-state index in [1.54, 1.807) is 30.4 Å². The van der Waals surface area contributed by atoms with E-state index >= 15 is 0 Å². The molecule has 18 heavy (non-hydrogen) atoms. The second-order valence-corrected chi connectivity index (χ2v) is 4.47. The molecule has 0 heterocycles. The van der Waals surface area contributed by atoms with E-state index < -0.39 is 0 Å². The van der Waals surface area contributed by atoms with Gasteiger partial charge >= 0.3 is 0 Å². The van der Waals surface area contributed by atoms with E-state index in [2.05, 4.69) is 18.5 Å². The molecule has 0 saturated carbocycles. The SMILES string of the molecule is C=C/C=C\C(=C/C=C)OCC(=O)NC(C)(C)CC. The summed E-state index contributed by atoms with van der Waals surface area (Å²) < 4.78 is 5.38. The summed E-state index contributed by atoms with van der Waals surface area (Å²) in [5.41, 5.74) is -0.209. The third kappa shape index (κ3) is 7.49. The third-order valence-electron chi connectivity index (χ3n) is 2.41. The first kappa shape index (κ1) is 16.2. The number of ether oxygens (including phenoxy) is 1. The highest BCUT2D eigenvalue weighted by Gasteiger charge is 2.17. The summed E-state index contributed by atoms with van der Waals surface area (Å²) in [6.45, 7) is 13.1. The highest BCUT2D eigenvalue weighted by molar-refractivity contribution is 5.78. The molecule has 0 atom stereocenters. The second-order valence-electron chi connectivity index (χ2n) is 4.47. The fourth-order valence-corrected chi connectivity index (χ4v) is 1.08. The monoisotopic (exact) mass is 249 g/mol. The lowest BCUT2D eigenvalue weighted by atomic mass is 10.0. The lowest BCUT2D eigenvalue weighted by Crippen LogP contribution is -2.44. The average Bonchev–Trinajstić information content (AvgIpc) is 2.32. The fraction of sp³-hybridized carbons (Fsp3) is 0.400. The van der Waals surface area contributed by atoms with E-state index in [1.807, 2.05) is 20.8 Å². The van der Waals surface area contributed by atoms with E-state index in [4.69, 9.17) is 4.74 Å². The summed E-state index contributed by atoms with van der Waals surface area (Å²) in [5.74, 6) is 0.443. The molecule has 0 fully saturated rings. The Balaban J connectivity index is 4.32. The van der Waals surface area contributed by atoms with Gasteiger partial charge in [-0.1, -0.05) is 38.3 Å². The van der Waals surface area contributed by atoms with Crippen molar-refractivity contribution in [2.45, 2.75) is 32.7 Å². The van der Waals surface area contributed by atoms with Gasteiger partial charge in [-0.15, -0.1) is 0 Å². The number of hydrogen-bond donors (Lipinski definition) is 1. The van der Waals surface area contributed by atoms with Gasteiger partial charge in [0.15, 0.2) is 6.61 Å². The molecule has 100 valence electrons. The second kappa shape index (κ2) is 8.34. The van der Waals surface area contributed by atoms with Gasteiger partial charge in [-0.3, -0.25) is 4.79 Å². The summed E-state index contributed by atoms with van der Waals surface area (Å²) in [7, 11) is 0. The van der Waals surface area contributed by atoms with Crippen LogP contribution in [0.25, 0.3) is 0 Å². The van der Waals surface area contributed by atoms with Crippen molar-refractivity contribution in [3.63, 3.8) is 0 Å². The Hall–Kier alpha value is -1.77. The minimum Gasteiger partial charge on any atom is -0.484 e. The van der Waals surface area contributed by atoms with Gasteiger partial charge in [0, 0.05) is 5.54 Å². The Morgan fingerprint density at radius 1 is 1.33 bits per heavy atom. The van der Waals surface area contributed by atoms with Gasteiger partial charge in [0.2, 0.25) is 0 Å². The standard InChI is InChI=1S/C15H23NO2/c1-6-9-11-13(10-7-2)18-12-14(17)16-15(4,5)8-3/h6-7,9-11H,1-2,8,12H2,3-5H3,(H,16,17)/b11-9-,13-10+. The molecule has 0 aliphatic rings. The summed E-state index contributed by atoms with van der Waals surface area (Å²) in [4.78, 5) is 11.7. The quantitative estimate of drug-likeness (QED) is 0.530. The highest BCUT2D eigenvalue weighted by atomic mass is 16.5. The molecule has 0 aliphatic carbocycles. The van der Waals surface area contributed by atoms with Crippen LogP contribution in [0.2, 0.25) is 0 Å². The average molecular weight is 249 g/mol. The van der Waals surface area contributed by atoms with Crippen LogP contribution in [-0.2, 0) is 9.53 Å². The molecule has 0 aliphatic heterocycles. The van der Waals surface area contributed by atoms with Crippen molar-refractivity contribution in [1.29, 1.82) is 0 Å².